The van der Waals surface area contributed by atoms with Crippen LogP contribution in [0.1, 0.15) is 45.4 Å². The topological polar surface area (TPSA) is 55.1 Å². The molecule has 0 aromatic heterocycles. The molecule has 4 heteroatoms. The average Bonchev–Trinajstić information content (AvgIpc) is 2.30. The molecule has 0 heterocycles. The maximum Gasteiger partial charge on any atom is 0.237 e. The fraction of sp³-hybridized carbons (Fsp3) is 0.917. The lowest BCUT2D eigenvalue weighted by atomic mass is 9.94. The zero-order chi connectivity index (χ0) is 12.0. The van der Waals surface area contributed by atoms with Crippen LogP contribution in [0.3, 0.4) is 0 Å². The van der Waals surface area contributed by atoms with E-state index in [-0.39, 0.29) is 11.9 Å². The first-order chi connectivity index (χ1) is 7.69. The molecule has 1 saturated carbocycles. The SMILES string of the molecule is CCC[C@H](N)C(=O)NC1CCCCC1SC. The van der Waals surface area contributed by atoms with Crippen LogP contribution in [0.4, 0.5) is 0 Å². The first kappa shape index (κ1) is 13.8. The number of nitrogens with one attached hydrogen (secondary N) is 1. The molecule has 0 aliphatic heterocycles. The maximum atomic E-state index is 11.8. The second-order valence-corrected chi connectivity index (χ2v) is 5.65. The van der Waals surface area contributed by atoms with Crippen molar-refractivity contribution in [3.8, 4) is 0 Å². The Morgan fingerprint density at radius 1 is 1.50 bits per heavy atom. The molecule has 16 heavy (non-hydrogen) atoms. The Kier molecular flexibility index (Phi) is 6.21. The summed E-state index contributed by atoms with van der Waals surface area (Å²) in [5, 5.41) is 3.70. The van der Waals surface area contributed by atoms with Crippen LogP contribution in [0, 0.1) is 0 Å². The smallest absolute Gasteiger partial charge is 0.237 e. The van der Waals surface area contributed by atoms with E-state index in [2.05, 4.69) is 18.5 Å². The minimum absolute atomic E-state index is 0.0350. The predicted molar refractivity (Wildman–Crippen MR) is 70.6 cm³/mol. The van der Waals surface area contributed by atoms with Gasteiger partial charge >= 0.3 is 0 Å². The molecular formula is C12H24N2OS. The van der Waals surface area contributed by atoms with Crippen LogP contribution in [0.5, 0.6) is 0 Å². The number of amides is 1. The molecular weight excluding hydrogens is 220 g/mol. The number of carbonyl (C=O) groups is 1. The fourth-order valence-corrected chi connectivity index (χ4v) is 3.21. The molecule has 0 radical (unpaired) electrons. The molecule has 3 nitrogen and oxygen atoms in total. The summed E-state index contributed by atoms with van der Waals surface area (Å²) in [6.07, 6.45) is 8.71. The molecule has 0 bridgehead atoms. The second kappa shape index (κ2) is 7.17. The lowest BCUT2D eigenvalue weighted by Gasteiger charge is -2.31. The van der Waals surface area contributed by atoms with Gasteiger partial charge in [-0.3, -0.25) is 4.79 Å². The third-order valence-electron chi connectivity index (χ3n) is 3.27. The van der Waals surface area contributed by atoms with Crippen LogP contribution in [0.2, 0.25) is 0 Å². The molecule has 94 valence electrons. The summed E-state index contributed by atoms with van der Waals surface area (Å²) in [6.45, 7) is 2.05. The summed E-state index contributed by atoms with van der Waals surface area (Å²) in [5.41, 5.74) is 5.81. The van der Waals surface area contributed by atoms with Gasteiger partial charge < -0.3 is 11.1 Å². The van der Waals surface area contributed by atoms with E-state index < -0.39 is 0 Å². The summed E-state index contributed by atoms with van der Waals surface area (Å²) in [7, 11) is 0. The van der Waals surface area contributed by atoms with Crippen molar-refractivity contribution in [2.45, 2.75) is 62.8 Å². The maximum absolute atomic E-state index is 11.8. The average molecular weight is 244 g/mol. The molecule has 0 saturated heterocycles. The Morgan fingerprint density at radius 3 is 2.81 bits per heavy atom. The zero-order valence-electron chi connectivity index (χ0n) is 10.4. The van der Waals surface area contributed by atoms with Crippen LogP contribution < -0.4 is 11.1 Å². The van der Waals surface area contributed by atoms with Crippen molar-refractivity contribution in [2.75, 3.05) is 6.26 Å². The minimum Gasteiger partial charge on any atom is -0.351 e. The van der Waals surface area contributed by atoms with E-state index in [1.54, 1.807) is 0 Å². The summed E-state index contributed by atoms with van der Waals surface area (Å²) >= 11 is 1.87. The van der Waals surface area contributed by atoms with E-state index in [9.17, 15) is 4.79 Å². The Balaban J connectivity index is 2.41. The van der Waals surface area contributed by atoms with E-state index in [0.29, 0.717) is 11.3 Å². The van der Waals surface area contributed by atoms with Gasteiger partial charge in [0.2, 0.25) is 5.91 Å². The predicted octanol–water partition coefficient (Wildman–Crippen LogP) is 1.90. The Hall–Kier alpha value is -0.220. The van der Waals surface area contributed by atoms with Crippen molar-refractivity contribution >= 4 is 17.7 Å². The number of hydrogen-bond acceptors (Lipinski definition) is 3. The van der Waals surface area contributed by atoms with E-state index >= 15 is 0 Å². The first-order valence-corrected chi connectivity index (χ1v) is 7.56. The number of hydrogen-bond donors (Lipinski definition) is 2. The van der Waals surface area contributed by atoms with E-state index in [4.69, 9.17) is 5.73 Å². The van der Waals surface area contributed by atoms with Gasteiger partial charge in [-0.25, -0.2) is 0 Å². The Bertz CT molecular complexity index is 223. The van der Waals surface area contributed by atoms with Crippen molar-refractivity contribution in [3.63, 3.8) is 0 Å². The van der Waals surface area contributed by atoms with Crippen molar-refractivity contribution in [1.82, 2.24) is 5.32 Å². The van der Waals surface area contributed by atoms with Gasteiger partial charge in [-0.1, -0.05) is 26.2 Å². The third kappa shape index (κ3) is 3.98. The number of rotatable bonds is 5. The molecule has 1 fully saturated rings. The molecule has 1 aliphatic carbocycles. The summed E-state index contributed by atoms with van der Waals surface area (Å²) in [6, 6.07) is 0.00795. The Morgan fingerprint density at radius 2 is 2.19 bits per heavy atom. The second-order valence-electron chi connectivity index (χ2n) is 4.57. The Labute approximate surface area is 103 Å². The van der Waals surface area contributed by atoms with Gasteiger partial charge in [-0.15, -0.1) is 0 Å². The molecule has 3 atom stereocenters. The van der Waals surface area contributed by atoms with Crippen molar-refractivity contribution in [3.05, 3.63) is 0 Å². The van der Waals surface area contributed by atoms with Crippen LogP contribution in [-0.2, 0) is 4.79 Å². The highest BCUT2D eigenvalue weighted by molar-refractivity contribution is 7.99. The number of thioether (sulfide) groups is 1. The number of nitrogens with two attached hydrogens (primary N) is 1. The monoisotopic (exact) mass is 244 g/mol. The molecule has 1 amide bonds. The fourth-order valence-electron chi connectivity index (χ4n) is 2.28. The summed E-state index contributed by atoms with van der Waals surface area (Å²) in [5.74, 6) is 0.0350. The minimum atomic E-state index is -0.325. The number of carbonyl (C=O) groups excluding carboxylic acids is 1. The van der Waals surface area contributed by atoms with Gasteiger partial charge in [0.25, 0.3) is 0 Å². The highest BCUT2D eigenvalue weighted by Crippen LogP contribution is 2.27. The molecule has 3 N–H and O–H groups in total. The van der Waals surface area contributed by atoms with E-state index in [0.717, 1.165) is 19.3 Å². The summed E-state index contributed by atoms with van der Waals surface area (Å²) < 4.78 is 0. The van der Waals surface area contributed by atoms with Crippen molar-refractivity contribution in [2.24, 2.45) is 5.73 Å². The lowest BCUT2D eigenvalue weighted by molar-refractivity contribution is -0.123. The van der Waals surface area contributed by atoms with Gasteiger partial charge in [0.05, 0.1) is 6.04 Å². The van der Waals surface area contributed by atoms with Crippen LogP contribution in [0.25, 0.3) is 0 Å². The quantitative estimate of drug-likeness (QED) is 0.776. The van der Waals surface area contributed by atoms with Gasteiger partial charge in [0, 0.05) is 11.3 Å². The van der Waals surface area contributed by atoms with E-state index in [1.165, 1.54) is 19.3 Å². The molecule has 1 aliphatic rings. The molecule has 2 unspecified atom stereocenters. The molecule has 0 aromatic rings. The zero-order valence-corrected chi connectivity index (χ0v) is 11.2. The standard InChI is InChI=1S/C12H24N2OS/c1-3-6-9(13)12(15)14-10-7-4-5-8-11(10)16-2/h9-11H,3-8,13H2,1-2H3,(H,14,15)/t9-,10?,11?/m0/s1. The van der Waals surface area contributed by atoms with Crippen LogP contribution >= 0.6 is 11.8 Å². The van der Waals surface area contributed by atoms with Gasteiger partial charge in [-0.2, -0.15) is 11.8 Å². The molecule has 1 rings (SSSR count). The third-order valence-corrected chi connectivity index (χ3v) is 4.44. The summed E-state index contributed by atoms with van der Waals surface area (Å²) in [4.78, 5) is 11.8. The highest BCUT2D eigenvalue weighted by atomic mass is 32.2. The van der Waals surface area contributed by atoms with Crippen LogP contribution in [-0.4, -0.2) is 29.5 Å². The lowest BCUT2D eigenvalue weighted by Crippen LogP contribution is -2.49. The van der Waals surface area contributed by atoms with Crippen molar-refractivity contribution in [1.29, 1.82) is 0 Å². The molecule has 0 aromatic carbocycles. The van der Waals surface area contributed by atoms with Gasteiger partial charge in [0.1, 0.15) is 0 Å². The highest BCUT2D eigenvalue weighted by Gasteiger charge is 2.26. The van der Waals surface area contributed by atoms with E-state index in [1.807, 2.05) is 11.8 Å². The molecule has 0 spiro atoms. The largest absolute Gasteiger partial charge is 0.351 e. The van der Waals surface area contributed by atoms with Crippen molar-refractivity contribution < 1.29 is 4.79 Å². The van der Waals surface area contributed by atoms with Gasteiger partial charge in [0.15, 0.2) is 0 Å². The van der Waals surface area contributed by atoms with Gasteiger partial charge in [-0.05, 0) is 25.5 Å². The normalized spacial score (nSPS) is 27.4. The van der Waals surface area contributed by atoms with Crippen LogP contribution in [0.15, 0.2) is 0 Å². The first-order valence-electron chi connectivity index (χ1n) is 6.27.